The first-order chi connectivity index (χ1) is 11.4. The second-order valence-corrected chi connectivity index (χ2v) is 5.53. The maximum atomic E-state index is 12.4. The molecule has 0 aliphatic rings. The third-order valence-electron chi connectivity index (χ3n) is 3.76. The molecule has 0 bridgehead atoms. The molecule has 2 aromatic rings. The zero-order valence-electron chi connectivity index (χ0n) is 13.9. The Balaban J connectivity index is 2.20. The molecule has 24 heavy (non-hydrogen) atoms. The molecule has 0 heterocycles. The molecule has 0 saturated carbocycles. The van der Waals surface area contributed by atoms with E-state index in [4.69, 9.17) is 4.74 Å². The molecule has 1 amide bonds. The van der Waals surface area contributed by atoms with Crippen molar-refractivity contribution in [1.29, 1.82) is 0 Å². The second kappa shape index (κ2) is 7.59. The molecule has 0 aliphatic carbocycles. The lowest BCUT2D eigenvalue weighted by molar-refractivity contribution is -0.385. The average Bonchev–Trinajstić information content (AvgIpc) is 2.56. The molecule has 2 aromatic carbocycles. The number of ether oxygens (including phenoxy) is 1. The van der Waals surface area contributed by atoms with E-state index in [0.29, 0.717) is 22.6 Å². The van der Waals surface area contributed by atoms with Crippen LogP contribution in [0.25, 0.3) is 0 Å². The fourth-order valence-electron chi connectivity index (χ4n) is 2.18. The van der Waals surface area contributed by atoms with Gasteiger partial charge in [-0.25, -0.2) is 0 Å². The quantitative estimate of drug-likeness (QED) is 0.632. The minimum atomic E-state index is -0.467. The van der Waals surface area contributed by atoms with E-state index < -0.39 is 4.92 Å². The van der Waals surface area contributed by atoms with E-state index in [1.807, 2.05) is 13.8 Å². The summed E-state index contributed by atoms with van der Waals surface area (Å²) in [4.78, 5) is 22.9. The minimum Gasteiger partial charge on any atom is -0.491 e. The van der Waals surface area contributed by atoms with Crippen molar-refractivity contribution in [3.8, 4) is 5.75 Å². The zero-order valence-corrected chi connectivity index (χ0v) is 13.9. The van der Waals surface area contributed by atoms with Gasteiger partial charge < -0.3 is 10.1 Å². The largest absolute Gasteiger partial charge is 0.491 e. The Kier molecular flexibility index (Phi) is 5.52. The number of nitro benzene ring substituents is 1. The monoisotopic (exact) mass is 328 g/mol. The predicted molar refractivity (Wildman–Crippen MR) is 92.6 cm³/mol. The van der Waals surface area contributed by atoms with E-state index in [0.717, 1.165) is 6.42 Å². The summed E-state index contributed by atoms with van der Waals surface area (Å²) in [6.45, 7) is 5.59. The van der Waals surface area contributed by atoms with Gasteiger partial charge in [-0.05, 0) is 44.5 Å². The lowest BCUT2D eigenvalue weighted by Crippen LogP contribution is -2.14. The topological polar surface area (TPSA) is 81.5 Å². The van der Waals surface area contributed by atoms with Crippen molar-refractivity contribution in [2.24, 2.45) is 0 Å². The number of benzene rings is 2. The van der Waals surface area contributed by atoms with Crippen LogP contribution < -0.4 is 10.1 Å². The van der Waals surface area contributed by atoms with Gasteiger partial charge in [0, 0.05) is 11.6 Å². The van der Waals surface area contributed by atoms with Crippen LogP contribution in [0.2, 0.25) is 0 Å². The van der Waals surface area contributed by atoms with Crippen molar-refractivity contribution in [2.75, 3.05) is 5.32 Å². The van der Waals surface area contributed by atoms with Gasteiger partial charge in [-0.1, -0.05) is 19.1 Å². The van der Waals surface area contributed by atoms with Crippen molar-refractivity contribution < 1.29 is 14.5 Å². The molecular weight excluding hydrogens is 308 g/mol. The van der Waals surface area contributed by atoms with Gasteiger partial charge in [0.2, 0.25) is 0 Å². The number of hydrogen-bond donors (Lipinski definition) is 1. The Morgan fingerprint density at radius 2 is 2.00 bits per heavy atom. The van der Waals surface area contributed by atoms with Crippen molar-refractivity contribution in [3.05, 3.63) is 63.7 Å². The fraction of sp³-hybridized carbons (Fsp3) is 0.278. The summed E-state index contributed by atoms with van der Waals surface area (Å²) in [6, 6.07) is 11.5. The van der Waals surface area contributed by atoms with E-state index in [1.54, 1.807) is 43.3 Å². The first-order valence-electron chi connectivity index (χ1n) is 7.74. The van der Waals surface area contributed by atoms with Gasteiger partial charge in [-0.15, -0.1) is 0 Å². The van der Waals surface area contributed by atoms with E-state index in [9.17, 15) is 14.9 Å². The maximum absolute atomic E-state index is 12.4. The molecule has 0 aliphatic heterocycles. The molecule has 126 valence electrons. The third kappa shape index (κ3) is 4.10. The van der Waals surface area contributed by atoms with E-state index in [-0.39, 0.29) is 17.7 Å². The molecule has 6 heteroatoms. The Bertz CT molecular complexity index is 758. The summed E-state index contributed by atoms with van der Waals surface area (Å²) in [6.07, 6.45) is 0.922. The SMILES string of the molecule is CCC(C)Oc1cccc(C(=O)Nc2cccc([N+](=O)[O-])c2C)c1. The first kappa shape index (κ1) is 17.5. The molecule has 1 unspecified atom stereocenters. The molecular formula is C18H20N2O4. The molecule has 2 rings (SSSR count). The maximum Gasteiger partial charge on any atom is 0.274 e. The van der Waals surface area contributed by atoms with Crippen LogP contribution in [0.1, 0.15) is 36.2 Å². The Labute approximate surface area is 140 Å². The third-order valence-corrected chi connectivity index (χ3v) is 3.76. The number of carbonyl (C=O) groups is 1. The van der Waals surface area contributed by atoms with Crippen molar-refractivity contribution in [1.82, 2.24) is 0 Å². The van der Waals surface area contributed by atoms with Gasteiger partial charge in [0.25, 0.3) is 11.6 Å². The van der Waals surface area contributed by atoms with Crippen LogP contribution >= 0.6 is 0 Å². The highest BCUT2D eigenvalue weighted by atomic mass is 16.6. The summed E-state index contributed by atoms with van der Waals surface area (Å²) in [5.74, 6) is 0.279. The lowest BCUT2D eigenvalue weighted by Gasteiger charge is -2.13. The van der Waals surface area contributed by atoms with Gasteiger partial charge in [0.1, 0.15) is 5.75 Å². The van der Waals surface area contributed by atoms with E-state index in [2.05, 4.69) is 5.32 Å². The highest BCUT2D eigenvalue weighted by Gasteiger charge is 2.16. The summed E-state index contributed by atoms with van der Waals surface area (Å²) in [7, 11) is 0. The van der Waals surface area contributed by atoms with Crippen molar-refractivity contribution in [2.45, 2.75) is 33.3 Å². The van der Waals surface area contributed by atoms with Crippen LogP contribution in [-0.4, -0.2) is 16.9 Å². The first-order valence-corrected chi connectivity index (χ1v) is 7.74. The molecule has 0 fully saturated rings. The number of hydrogen-bond acceptors (Lipinski definition) is 4. The second-order valence-electron chi connectivity index (χ2n) is 5.53. The summed E-state index contributed by atoms with van der Waals surface area (Å²) in [5.41, 5.74) is 1.24. The highest BCUT2D eigenvalue weighted by molar-refractivity contribution is 6.05. The molecule has 1 atom stereocenters. The number of nitrogens with zero attached hydrogens (tertiary/aromatic N) is 1. The van der Waals surface area contributed by atoms with Crippen LogP contribution in [0.15, 0.2) is 42.5 Å². The lowest BCUT2D eigenvalue weighted by atomic mass is 10.1. The summed E-state index contributed by atoms with van der Waals surface area (Å²) in [5, 5.41) is 13.7. The van der Waals surface area contributed by atoms with E-state index in [1.165, 1.54) is 6.07 Å². The van der Waals surface area contributed by atoms with Crippen molar-refractivity contribution >= 4 is 17.3 Å². The molecule has 1 N–H and O–H groups in total. The molecule has 0 radical (unpaired) electrons. The Hall–Kier alpha value is -2.89. The number of carbonyl (C=O) groups excluding carboxylic acids is 1. The van der Waals surface area contributed by atoms with Crippen LogP contribution in [-0.2, 0) is 0 Å². The van der Waals surface area contributed by atoms with Gasteiger partial charge in [0.05, 0.1) is 22.3 Å². The van der Waals surface area contributed by atoms with E-state index >= 15 is 0 Å². The molecule has 0 aromatic heterocycles. The standard InChI is InChI=1S/C18H20N2O4/c1-4-12(2)24-15-8-5-7-14(11-15)18(21)19-16-9-6-10-17(13(16)3)20(22)23/h5-12H,4H2,1-3H3,(H,19,21). The Morgan fingerprint density at radius 1 is 1.29 bits per heavy atom. The van der Waals surface area contributed by atoms with Gasteiger partial charge in [-0.2, -0.15) is 0 Å². The van der Waals surface area contributed by atoms with Crippen LogP contribution in [0.4, 0.5) is 11.4 Å². The van der Waals surface area contributed by atoms with Crippen LogP contribution in [0, 0.1) is 17.0 Å². The number of rotatable bonds is 6. The minimum absolute atomic E-state index is 0.0262. The molecule has 0 spiro atoms. The number of anilines is 1. The highest BCUT2D eigenvalue weighted by Crippen LogP contribution is 2.26. The fourth-order valence-corrected chi connectivity index (χ4v) is 2.18. The Morgan fingerprint density at radius 3 is 2.67 bits per heavy atom. The number of nitrogens with one attached hydrogen (secondary N) is 1. The van der Waals surface area contributed by atoms with Crippen LogP contribution in [0.3, 0.4) is 0 Å². The normalized spacial score (nSPS) is 11.6. The van der Waals surface area contributed by atoms with Gasteiger partial charge in [-0.3, -0.25) is 14.9 Å². The van der Waals surface area contributed by atoms with Gasteiger partial charge >= 0.3 is 0 Å². The van der Waals surface area contributed by atoms with Crippen LogP contribution in [0.5, 0.6) is 5.75 Å². The summed E-state index contributed by atoms with van der Waals surface area (Å²) < 4.78 is 5.71. The zero-order chi connectivity index (χ0) is 17.7. The average molecular weight is 328 g/mol. The predicted octanol–water partition coefficient (Wildman–Crippen LogP) is 4.33. The molecule has 6 nitrogen and oxygen atoms in total. The smallest absolute Gasteiger partial charge is 0.274 e. The summed E-state index contributed by atoms with van der Waals surface area (Å²) >= 11 is 0. The molecule has 0 saturated heterocycles. The van der Waals surface area contributed by atoms with Crippen molar-refractivity contribution in [3.63, 3.8) is 0 Å². The number of nitro groups is 1. The van der Waals surface area contributed by atoms with Gasteiger partial charge in [0.15, 0.2) is 0 Å². The number of amides is 1.